The van der Waals surface area contributed by atoms with Crippen LogP contribution < -0.4 is 10.6 Å². The van der Waals surface area contributed by atoms with Crippen LogP contribution in [0.4, 0.5) is 0 Å². The first kappa shape index (κ1) is 20.6. The van der Waals surface area contributed by atoms with Crippen LogP contribution in [0, 0.1) is 0 Å². The van der Waals surface area contributed by atoms with Crippen molar-refractivity contribution < 1.29 is 4.74 Å². The zero-order valence-electron chi connectivity index (χ0n) is 16.9. The van der Waals surface area contributed by atoms with E-state index in [0.717, 1.165) is 64.5 Å². The fourth-order valence-corrected chi connectivity index (χ4v) is 4.86. The van der Waals surface area contributed by atoms with E-state index in [0.29, 0.717) is 0 Å². The molecule has 7 heteroatoms. The molecule has 152 valence electrons. The van der Waals surface area contributed by atoms with Crippen LogP contribution in [-0.4, -0.2) is 67.3 Å². The maximum Gasteiger partial charge on any atom is 0.191 e. The van der Waals surface area contributed by atoms with Crippen molar-refractivity contribution in [3.05, 3.63) is 16.1 Å². The van der Waals surface area contributed by atoms with Gasteiger partial charge in [0.2, 0.25) is 0 Å². The summed E-state index contributed by atoms with van der Waals surface area (Å²) in [5.41, 5.74) is 0.183. The molecule has 0 spiro atoms. The van der Waals surface area contributed by atoms with Gasteiger partial charge in [-0.1, -0.05) is 6.92 Å². The maximum atomic E-state index is 5.65. The molecule has 1 aromatic rings. The van der Waals surface area contributed by atoms with E-state index in [4.69, 9.17) is 9.73 Å². The third kappa shape index (κ3) is 5.65. The predicted octanol–water partition coefficient (Wildman–Crippen LogP) is 2.45. The number of guanidine groups is 1. The minimum Gasteiger partial charge on any atom is -0.381 e. The van der Waals surface area contributed by atoms with Gasteiger partial charge in [0.15, 0.2) is 5.96 Å². The molecule has 0 aromatic carbocycles. The molecule has 0 bridgehead atoms. The second-order valence-corrected chi connectivity index (χ2v) is 8.68. The number of rotatable bonds is 8. The minimum absolute atomic E-state index is 0.183. The molecule has 1 aromatic heterocycles. The molecule has 0 saturated carbocycles. The first-order valence-electron chi connectivity index (χ1n) is 10.5. The van der Waals surface area contributed by atoms with Crippen LogP contribution in [-0.2, 0) is 17.6 Å². The standard InChI is InChI=1S/C20H35N5OS/c1-3-17-15-23-18(27-17)7-10-22-19(21-4-2)24-16-20(8-13-26-14-9-20)25-11-5-6-12-25/h15H,3-14,16H2,1-2H3,(H2,21,22,24). The van der Waals surface area contributed by atoms with Gasteiger partial charge in [-0.2, -0.15) is 0 Å². The molecule has 6 nitrogen and oxygen atoms in total. The van der Waals surface area contributed by atoms with Gasteiger partial charge in [-0.25, -0.2) is 4.98 Å². The molecule has 0 radical (unpaired) electrons. The van der Waals surface area contributed by atoms with Crippen LogP contribution in [0.5, 0.6) is 0 Å². The van der Waals surface area contributed by atoms with Crippen molar-refractivity contribution in [3.8, 4) is 0 Å². The van der Waals surface area contributed by atoms with Gasteiger partial charge < -0.3 is 15.4 Å². The van der Waals surface area contributed by atoms with E-state index in [9.17, 15) is 0 Å². The van der Waals surface area contributed by atoms with E-state index in [2.05, 4.69) is 34.4 Å². The molecular weight excluding hydrogens is 358 g/mol. The number of aromatic nitrogens is 1. The highest BCUT2D eigenvalue weighted by Crippen LogP contribution is 2.31. The number of ether oxygens (including phenoxy) is 1. The molecule has 0 aliphatic carbocycles. The lowest BCUT2D eigenvalue weighted by molar-refractivity contribution is -0.0139. The number of aliphatic imine (C=N–C) groups is 1. The Hall–Kier alpha value is -1.18. The minimum atomic E-state index is 0.183. The van der Waals surface area contributed by atoms with Crippen molar-refractivity contribution in [2.24, 2.45) is 4.99 Å². The Morgan fingerprint density at radius 3 is 2.70 bits per heavy atom. The summed E-state index contributed by atoms with van der Waals surface area (Å²) >= 11 is 1.82. The molecule has 2 fully saturated rings. The van der Waals surface area contributed by atoms with Crippen molar-refractivity contribution >= 4 is 17.3 Å². The monoisotopic (exact) mass is 393 g/mol. The van der Waals surface area contributed by atoms with Crippen LogP contribution >= 0.6 is 11.3 Å². The number of likely N-dealkylation sites (tertiary alicyclic amines) is 1. The fourth-order valence-electron chi connectivity index (χ4n) is 4.00. The van der Waals surface area contributed by atoms with Crippen LogP contribution in [0.2, 0.25) is 0 Å². The molecule has 27 heavy (non-hydrogen) atoms. The zero-order chi connectivity index (χ0) is 19.0. The lowest BCUT2D eigenvalue weighted by Gasteiger charge is -2.43. The van der Waals surface area contributed by atoms with Gasteiger partial charge in [0, 0.05) is 49.3 Å². The summed E-state index contributed by atoms with van der Waals surface area (Å²) in [4.78, 5) is 13.5. The number of nitrogens with one attached hydrogen (secondary N) is 2. The second-order valence-electron chi connectivity index (χ2n) is 7.48. The SMILES string of the molecule is CCNC(=NCC1(N2CCCC2)CCOCC1)NCCc1ncc(CC)s1. The Kier molecular flexibility index (Phi) is 7.91. The summed E-state index contributed by atoms with van der Waals surface area (Å²) < 4.78 is 5.65. The fraction of sp³-hybridized carbons (Fsp3) is 0.800. The zero-order valence-corrected chi connectivity index (χ0v) is 17.7. The number of hydrogen-bond acceptors (Lipinski definition) is 5. The van der Waals surface area contributed by atoms with E-state index in [-0.39, 0.29) is 5.54 Å². The average Bonchev–Trinajstić information content (AvgIpc) is 3.39. The summed E-state index contributed by atoms with van der Waals surface area (Å²) in [5.74, 6) is 0.926. The Morgan fingerprint density at radius 1 is 1.26 bits per heavy atom. The Morgan fingerprint density at radius 2 is 2.04 bits per heavy atom. The van der Waals surface area contributed by atoms with Crippen LogP contribution in [0.25, 0.3) is 0 Å². The molecule has 2 saturated heterocycles. The summed E-state index contributed by atoms with van der Waals surface area (Å²) in [7, 11) is 0. The molecule has 2 aliphatic heterocycles. The number of hydrogen-bond donors (Lipinski definition) is 2. The van der Waals surface area contributed by atoms with Crippen molar-refractivity contribution in [3.63, 3.8) is 0 Å². The summed E-state index contributed by atoms with van der Waals surface area (Å²) in [6, 6.07) is 0. The number of nitrogens with zero attached hydrogens (tertiary/aromatic N) is 3. The Bertz CT molecular complexity index is 591. The lowest BCUT2D eigenvalue weighted by Crippen LogP contribution is -2.54. The van der Waals surface area contributed by atoms with Gasteiger partial charge >= 0.3 is 0 Å². The highest BCUT2D eigenvalue weighted by Gasteiger charge is 2.39. The van der Waals surface area contributed by atoms with Gasteiger partial charge in [0.25, 0.3) is 0 Å². The maximum absolute atomic E-state index is 5.65. The average molecular weight is 394 g/mol. The van der Waals surface area contributed by atoms with Gasteiger partial charge in [-0.15, -0.1) is 11.3 Å². The first-order chi connectivity index (χ1) is 13.3. The first-order valence-corrected chi connectivity index (χ1v) is 11.4. The predicted molar refractivity (Wildman–Crippen MR) is 113 cm³/mol. The van der Waals surface area contributed by atoms with Crippen molar-refractivity contribution in [2.45, 2.75) is 57.9 Å². The van der Waals surface area contributed by atoms with E-state index >= 15 is 0 Å². The molecule has 3 heterocycles. The smallest absolute Gasteiger partial charge is 0.191 e. The molecule has 2 aliphatic rings. The molecule has 3 rings (SSSR count). The molecule has 0 unspecified atom stereocenters. The van der Waals surface area contributed by atoms with Gasteiger partial charge in [-0.3, -0.25) is 9.89 Å². The number of aryl methyl sites for hydroxylation is 1. The van der Waals surface area contributed by atoms with Crippen molar-refractivity contribution in [1.82, 2.24) is 20.5 Å². The van der Waals surface area contributed by atoms with Gasteiger partial charge in [0.05, 0.1) is 11.6 Å². The lowest BCUT2D eigenvalue weighted by atomic mass is 9.88. The summed E-state index contributed by atoms with van der Waals surface area (Å²) in [6.07, 6.45) is 8.84. The van der Waals surface area contributed by atoms with E-state index < -0.39 is 0 Å². The van der Waals surface area contributed by atoms with Crippen LogP contribution in [0.15, 0.2) is 11.2 Å². The van der Waals surface area contributed by atoms with E-state index in [1.165, 1.54) is 35.8 Å². The summed E-state index contributed by atoms with van der Waals surface area (Å²) in [5, 5.41) is 8.11. The normalized spacial score (nSPS) is 20.7. The topological polar surface area (TPSA) is 61.8 Å². The van der Waals surface area contributed by atoms with Crippen molar-refractivity contribution in [1.29, 1.82) is 0 Å². The quantitative estimate of drug-likeness (QED) is 0.525. The van der Waals surface area contributed by atoms with Crippen LogP contribution in [0.3, 0.4) is 0 Å². The van der Waals surface area contributed by atoms with Crippen molar-refractivity contribution in [2.75, 3.05) is 45.9 Å². The molecular formula is C20H35N5OS. The van der Waals surface area contributed by atoms with E-state index in [1.54, 1.807) is 0 Å². The molecule has 0 amide bonds. The molecule has 0 atom stereocenters. The Labute approximate surface area is 167 Å². The van der Waals surface area contributed by atoms with E-state index in [1.807, 2.05) is 17.5 Å². The third-order valence-corrected chi connectivity index (χ3v) is 6.86. The van der Waals surface area contributed by atoms with Gasteiger partial charge in [-0.05, 0) is 52.1 Å². The highest BCUT2D eigenvalue weighted by atomic mass is 32.1. The third-order valence-electron chi connectivity index (χ3n) is 5.66. The number of thiazole rings is 1. The van der Waals surface area contributed by atoms with Gasteiger partial charge in [0.1, 0.15) is 0 Å². The largest absolute Gasteiger partial charge is 0.381 e. The highest BCUT2D eigenvalue weighted by molar-refractivity contribution is 7.11. The molecule has 2 N–H and O–H groups in total. The van der Waals surface area contributed by atoms with Crippen LogP contribution in [0.1, 0.15) is 49.4 Å². The second kappa shape index (κ2) is 10.4. The Balaban J connectivity index is 1.57. The summed E-state index contributed by atoms with van der Waals surface area (Å²) in [6.45, 7) is 11.0.